The Morgan fingerprint density at radius 2 is 1.70 bits per heavy atom. The first-order chi connectivity index (χ1) is 16.1. The molecule has 0 radical (unpaired) electrons. The van der Waals surface area contributed by atoms with Crippen molar-refractivity contribution < 1.29 is 9.13 Å². The predicted molar refractivity (Wildman–Crippen MR) is 128 cm³/mol. The fourth-order valence-corrected chi connectivity index (χ4v) is 4.87. The lowest BCUT2D eigenvalue weighted by molar-refractivity contribution is 0.223. The van der Waals surface area contributed by atoms with Gasteiger partial charge in [0.05, 0.1) is 5.70 Å². The van der Waals surface area contributed by atoms with Gasteiger partial charge in [-0.3, -0.25) is 0 Å². The molecule has 2 unspecified atom stereocenters. The number of nitrogens with one attached hydrogen (secondary N) is 1. The Kier molecular flexibility index (Phi) is 4.73. The standard InChI is InChI=1S/C26H21FN4OS/c1-15-7-9-16(10-8-15)23-21-22(28-25-29-26(33-2)30-31(23)25)19-5-3-4-6-20(19)32-24(21)17-11-13-18(27)14-12-17/h3-14,23-24H,1-2H3,(H,28,29,30). The summed E-state index contributed by atoms with van der Waals surface area (Å²) in [6.45, 7) is 2.07. The van der Waals surface area contributed by atoms with E-state index in [1.807, 2.05) is 35.2 Å². The van der Waals surface area contributed by atoms with Gasteiger partial charge in [0.25, 0.3) is 0 Å². The summed E-state index contributed by atoms with van der Waals surface area (Å²) in [6, 6.07) is 22.7. The SMILES string of the molecule is CSc1nc2n(n1)C(c1ccc(C)cc1)C1=C(N2)c2ccccc2OC1c1ccc(F)cc1. The van der Waals surface area contributed by atoms with Crippen molar-refractivity contribution in [3.63, 3.8) is 0 Å². The minimum atomic E-state index is -0.413. The van der Waals surface area contributed by atoms with E-state index in [2.05, 4.69) is 36.5 Å². The maximum absolute atomic E-state index is 13.8. The maximum Gasteiger partial charge on any atom is 0.227 e. The molecule has 5 nitrogen and oxygen atoms in total. The minimum absolute atomic E-state index is 0.228. The van der Waals surface area contributed by atoms with Gasteiger partial charge in [0.1, 0.15) is 23.7 Å². The van der Waals surface area contributed by atoms with Crippen LogP contribution in [-0.4, -0.2) is 21.0 Å². The first-order valence-electron chi connectivity index (χ1n) is 10.7. The monoisotopic (exact) mass is 456 g/mol. The molecule has 0 spiro atoms. The molecule has 2 aliphatic rings. The van der Waals surface area contributed by atoms with Gasteiger partial charge in [0.2, 0.25) is 11.1 Å². The summed E-state index contributed by atoms with van der Waals surface area (Å²) < 4.78 is 22.3. The molecule has 7 heteroatoms. The van der Waals surface area contributed by atoms with E-state index < -0.39 is 6.10 Å². The van der Waals surface area contributed by atoms with Crippen LogP contribution in [0, 0.1) is 12.7 Å². The van der Waals surface area contributed by atoms with E-state index in [4.69, 9.17) is 14.8 Å². The lowest BCUT2D eigenvalue weighted by atomic mass is 9.84. The molecule has 33 heavy (non-hydrogen) atoms. The Bertz CT molecular complexity index is 1380. The van der Waals surface area contributed by atoms with Crippen molar-refractivity contribution >= 4 is 23.4 Å². The summed E-state index contributed by atoms with van der Waals surface area (Å²) in [6.07, 6.45) is 1.55. The largest absolute Gasteiger partial charge is 0.480 e. The molecule has 0 amide bonds. The quantitative estimate of drug-likeness (QED) is 0.383. The number of ether oxygens (including phenoxy) is 1. The van der Waals surface area contributed by atoms with Gasteiger partial charge in [-0.2, -0.15) is 4.98 Å². The summed E-state index contributed by atoms with van der Waals surface area (Å²) in [4.78, 5) is 4.72. The van der Waals surface area contributed by atoms with Crippen molar-refractivity contribution in [2.45, 2.75) is 24.2 Å². The molecule has 0 aliphatic carbocycles. The molecular weight excluding hydrogens is 435 g/mol. The van der Waals surface area contributed by atoms with Crippen molar-refractivity contribution in [3.8, 4) is 5.75 Å². The lowest BCUT2D eigenvalue weighted by Gasteiger charge is -2.39. The topological polar surface area (TPSA) is 52.0 Å². The Hall–Kier alpha value is -3.58. The number of hydrogen-bond acceptors (Lipinski definition) is 5. The highest BCUT2D eigenvalue weighted by Gasteiger charge is 2.41. The van der Waals surface area contributed by atoms with Crippen LogP contribution in [0.4, 0.5) is 10.3 Å². The van der Waals surface area contributed by atoms with Gasteiger partial charge in [0.15, 0.2) is 0 Å². The third-order valence-corrected chi connectivity index (χ3v) is 6.65. The van der Waals surface area contributed by atoms with Crippen LogP contribution < -0.4 is 10.1 Å². The molecule has 2 aliphatic heterocycles. The number of fused-ring (bicyclic) bond motifs is 3. The lowest BCUT2D eigenvalue weighted by Crippen LogP contribution is -2.32. The second kappa shape index (κ2) is 7.78. The molecule has 6 rings (SSSR count). The van der Waals surface area contributed by atoms with Gasteiger partial charge in [-0.05, 0) is 48.6 Å². The van der Waals surface area contributed by atoms with Crippen LogP contribution >= 0.6 is 11.8 Å². The highest BCUT2D eigenvalue weighted by Crippen LogP contribution is 2.50. The average Bonchev–Trinajstić information content (AvgIpc) is 3.26. The van der Waals surface area contributed by atoms with Crippen LogP contribution in [-0.2, 0) is 0 Å². The van der Waals surface area contributed by atoms with Crippen molar-refractivity contribution in [3.05, 3.63) is 106 Å². The van der Waals surface area contributed by atoms with Crippen LogP contribution in [0.2, 0.25) is 0 Å². The number of aromatic nitrogens is 3. The molecule has 4 aromatic rings. The van der Waals surface area contributed by atoms with E-state index in [9.17, 15) is 4.39 Å². The highest BCUT2D eigenvalue weighted by molar-refractivity contribution is 7.98. The van der Waals surface area contributed by atoms with Crippen LogP contribution in [0.15, 0.2) is 83.5 Å². The van der Waals surface area contributed by atoms with Gasteiger partial charge in [-0.1, -0.05) is 65.9 Å². The molecule has 3 aromatic carbocycles. The second-order valence-corrected chi connectivity index (χ2v) is 8.95. The number of halogens is 1. The van der Waals surface area contributed by atoms with E-state index in [1.165, 1.54) is 29.5 Å². The average molecular weight is 457 g/mol. The molecule has 1 aromatic heterocycles. The maximum atomic E-state index is 13.8. The van der Waals surface area contributed by atoms with Gasteiger partial charge in [0, 0.05) is 11.1 Å². The van der Waals surface area contributed by atoms with Crippen molar-refractivity contribution in [1.29, 1.82) is 0 Å². The number of anilines is 1. The van der Waals surface area contributed by atoms with E-state index in [-0.39, 0.29) is 11.9 Å². The molecule has 0 fully saturated rings. The summed E-state index contributed by atoms with van der Waals surface area (Å²) in [5, 5.41) is 9.02. The number of aryl methyl sites for hydroxylation is 1. The fraction of sp³-hybridized carbons (Fsp3) is 0.154. The normalized spacial score (nSPS) is 18.6. The van der Waals surface area contributed by atoms with Crippen molar-refractivity contribution in [1.82, 2.24) is 14.8 Å². The summed E-state index contributed by atoms with van der Waals surface area (Å²) in [5.41, 5.74) is 6.11. The van der Waals surface area contributed by atoms with Crippen LogP contribution in [0.3, 0.4) is 0 Å². The van der Waals surface area contributed by atoms with Gasteiger partial charge >= 0.3 is 0 Å². The minimum Gasteiger partial charge on any atom is -0.480 e. The van der Waals surface area contributed by atoms with Gasteiger partial charge in [-0.15, -0.1) is 5.10 Å². The molecular formula is C26H21FN4OS. The molecule has 1 N–H and O–H groups in total. The Morgan fingerprint density at radius 1 is 0.970 bits per heavy atom. The fourth-order valence-electron chi connectivity index (χ4n) is 4.53. The van der Waals surface area contributed by atoms with Gasteiger partial charge < -0.3 is 10.1 Å². The van der Waals surface area contributed by atoms with Crippen molar-refractivity contribution in [2.24, 2.45) is 0 Å². The molecule has 164 valence electrons. The van der Waals surface area contributed by atoms with E-state index in [0.29, 0.717) is 11.1 Å². The summed E-state index contributed by atoms with van der Waals surface area (Å²) in [7, 11) is 0. The van der Waals surface area contributed by atoms with Crippen molar-refractivity contribution in [2.75, 3.05) is 11.6 Å². The van der Waals surface area contributed by atoms with Crippen LogP contribution in [0.5, 0.6) is 5.75 Å². The molecule has 0 saturated heterocycles. The first kappa shape index (κ1) is 20.1. The molecule has 3 heterocycles. The Balaban J connectivity index is 1.62. The smallest absolute Gasteiger partial charge is 0.227 e. The predicted octanol–water partition coefficient (Wildman–Crippen LogP) is 6.01. The summed E-state index contributed by atoms with van der Waals surface area (Å²) in [5.74, 6) is 1.20. The Labute approximate surface area is 195 Å². The molecule has 2 atom stereocenters. The first-order valence-corrected chi connectivity index (χ1v) is 11.9. The number of thioether (sulfide) groups is 1. The highest BCUT2D eigenvalue weighted by atomic mass is 32.2. The second-order valence-electron chi connectivity index (χ2n) is 8.18. The Morgan fingerprint density at radius 3 is 2.45 bits per heavy atom. The third kappa shape index (κ3) is 3.31. The number of para-hydroxylation sites is 1. The van der Waals surface area contributed by atoms with E-state index in [1.54, 1.807) is 12.1 Å². The number of nitrogens with zero attached hydrogens (tertiary/aromatic N) is 3. The van der Waals surface area contributed by atoms with Crippen LogP contribution in [0.25, 0.3) is 5.70 Å². The number of benzene rings is 3. The zero-order valence-corrected chi connectivity index (χ0v) is 18.9. The number of rotatable bonds is 3. The van der Waals surface area contributed by atoms with Crippen LogP contribution in [0.1, 0.15) is 34.4 Å². The molecule has 0 bridgehead atoms. The summed E-state index contributed by atoms with van der Waals surface area (Å²) >= 11 is 1.51. The zero-order chi connectivity index (χ0) is 22.5. The van der Waals surface area contributed by atoms with Gasteiger partial charge in [-0.25, -0.2) is 9.07 Å². The zero-order valence-electron chi connectivity index (χ0n) is 18.1. The van der Waals surface area contributed by atoms with E-state index >= 15 is 0 Å². The third-order valence-electron chi connectivity index (χ3n) is 6.11. The van der Waals surface area contributed by atoms with E-state index in [0.717, 1.165) is 33.7 Å². The number of hydrogen-bond donors (Lipinski definition) is 1. The molecule has 0 saturated carbocycles.